The molecule has 1 atom stereocenters. The molecular weight excluding hydrogens is 810 g/mol. The Morgan fingerprint density at radius 3 is 2.38 bits per heavy atom. The number of hydrogen-bond donors (Lipinski definition) is 4. The Morgan fingerprint density at radius 2 is 1.62 bits per heavy atom. The molecule has 13 nitrogen and oxygen atoms in total. The summed E-state index contributed by atoms with van der Waals surface area (Å²) >= 11 is 8.10. The van der Waals surface area contributed by atoms with Gasteiger partial charge >= 0.3 is 0 Å². The minimum Gasteiger partial charge on any atom is -0.488 e. The van der Waals surface area contributed by atoms with Crippen molar-refractivity contribution < 1.29 is 19.1 Å². The van der Waals surface area contributed by atoms with E-state index in [0.29, 0.717) is 48.2 Å². The van der Waals surface area contributed by atoms with E-state index in [4.69, 9.17) is 21.3 Å². The number of hydrogen-bond acceptors (Lipinski definition) is 11. The molecule has 1 saturated heterocycles. The molecule has 4 aliphatic rings. The molecule has 8 rings (SSSR count). The summed E-state index contributed by atoms with van der Waals surface area (Å²) in [5.74, 6) is 1.37. The Bertz CT molecular complexity index is 2130. The van der Waals surface area contributed by atoms with Crippen LogP contribution in [-0.4, -0.2) is 73.6 Å². The smallest absolute Gasteiger partial charge is 0.256 e. The number of rotatable bonds is 22. The lowest BCUT2D eigenvalue weighted by atomic mass is 9.91. The molecule has 1 aromatic carbocycles. The van der Waals surface area contributed by atoms with Gasteiger partial charge < -0.3 is 25.6 Å². The van der Waals surface area contributed by atoms with Crippen LogP contribution in [0.2, 0.25) is 5.02 Å². The van der Waals surface area contributed by atoms with Crippen LogP contribution in [0.25, 0.3) is 11.3 Å². The highest BCUT2D eigenvalue weighted by atomic mass is 35.5. The van der Waals surface area contributed by atoms with Crippen molar-refractivity contribution in [1.82, 2.24) is 40.6 Å². The van der Waals surface area contributed by atoms with Crippen molar-refractivity contribution >= 4 is 46.6 Å². The fourth-order valence-corrected chi connectivity index (χ4v) is 10.1. The van der Waals surface area contributed by atoms with Crippen LogP contribution in [0.15, 0.2) is 42.0 Å². The maximum Gasteiger partial charge on any atom is 0.256 e. The van der Waals surface area contributed by atoms with Gasteiger partial charge in [-0.05, 0) is 101 Å². The van der Waals surface area contributed by atoms with Crippen LogP contribution >= 0.6 is 22.9 Å². The van der Waals surface area contributed by atoms with Crippen molar-refractivity contribution in [3.05, 3.63) is 74.3 Å². The predicted octanol–water partition coefficient (Wildman–Crippen LogP) is 7.72. The summed E-state index contributed by atoms with van der Waals surface area (Å²) in [5, 5.41) is 20.3. The van der Waals surface area contributed by atoms with Crippen molar-refractivity contribution in [1.29, 1.82) is 0 Å². The Balaban J connectivity index is 0.630. The molecule has 0 spiro atoms. The second kappa shape index (κ2) is 20.7. The van der Waals surface area contributed by atoms with Crippen molar-refractivity contribution in [2.24, 2.45) is 13.0 Å². The molecule has 15 heteroatoms. The number of carbonyl (C=O) groups is 3. The third-order valence-electron chi connectivity index (χ3n) is 12.8. The van der Waals surface area contributed by atoms with Gasteiger partial charge in [0.1, 0.15) is 18.4 Å². The topological polar surface area (TPSA) is 155 Å². The summed E-state index contributed by atoms with van der Waals surface area (Å²) in [6.45, 7) is 3.67. The highest BCUT2D eigenvalue weighted by Crippen LogP contribution is 2.38. The molecule has 3 fully saturated rings. The maximum atomic E-state index is 13.0. The largest absolute Gasteiger partial charge is 0.488 e. The molecule has 4 N–H and O–H groups in total. The number of halogens is 1. The molecular formula is C46H60ClN9O4S. The lowest BCUT2D eigenvalue weighted by Gasteiger charge is -2.30. The molecule has 3 aromatic heterocycles. The average Bonchev–Trinajstić information content (AvgIpc) is 3.77. The fourth-order valence-electron chi connectivity index (χ4n) is 8.92. The Hall–Kier alpha value is -4.37. The molecule has 4 aromatic rings. The van der Waals surface area contributed by atoms with E-state index in [1.807, 2.05) is 35.4 Å². The molecule has 3 amide bonds. The number of carbonyl (C=O) groups excluding carboxylic acids is 3. The minimum absolute atomic E-state index is 0.150. The number of imide groups is 1. The van der Waals surface area contributed by atoms with Gasteiger partial charge in [0.05, 0.1) is 28.7 Å². The molecule has 2 saturated carbocycles. The summed E-state index contributed by atoms with van der Waals surface area (Å²) in [6, 6.07) is 8.53. The van der Waals surface area contributed by atoms with E-state index < -0.39 is 11.9 Å². The first kappa shape index (κ1) is 43.3. The highest BCUT2D eigenvalue weighted by molar-refractivity contribution is 7.10. The number of piperidine rings is 1. The summed E-state index contributed by atoms with van der Waals surface area (Å²) in [5.41, 5.74) is 5.78. The van der Waals surface area contributed by atoms with Gasteiger partial charge in [-0.2, -0.15) is 5.10 Å². The van der Waals surface area contributed by atoms with Gasteiger partial charge in [0.2, 0.25) is 17.8 Å². The number of amides is 3. The molecule has 2 aliphatic carbocycles. The van der Waals surface area contributed by atoms with Gasteiger partial charge in [-0.25, -0.2) is 9.97 Å². The van der Waals surface area contributed by atoms with Gasteiger partial charge in [0.15, 0.2) is 0 Å². The number of benzene rings is 1. The van der Waals surface area contributed by atoms with Crippen LogP contribution in [0, 0.1) is 5.92 Å². The highest BCUT2D eigenvalue weighted by Gasteiger charge is 2.40. The normalized spacial score (nSPS) is 20.3. The number of aryl methyl sites for hydroxylation is 1. The van der Waals surface area contributed by atoms with E-state index >= 15 is 0 Å². The zero-order valence-electron chi connectivity index (χ0n) is 35.4. The summed E-state index contributed by atoms with van der Waals surface area (Å²) in [4.78, 5) is 48.9. The van der Waals surface area contributed by atoms with E-state index in [1.54, 1.807) is 11.1 Å². The van der Waals surface area contributed by atoms with Gasteiger partial charge in [-0.3, -0.25) is 24.4 Å². The Morgan fingerprint density at radius 1 is 0.885 bits per heavy atom. The van der Waals surface area contributed by atoms with E-state index in [0.717, 1.165) is 72.3 Å². The monoisotopic (exact) mass is 869 g/mol. The molecule has 326 valence electrons. The van der Waals surface area contributed by atoms with Crippen LogP contribution in [-0.2, 0) is 42.8 Å². The number of aromatic nitrogens is 4. The molecule has 0 radical (unpaired) electrons. The Kier molecular flexibility index (Phi) is 14.7. The molecule has 1 unspecified atom stereocenters. The van der Waals surface area contributed by atoms with Crippen LogP contribution in [0.1, 0.15) is 128 Å². The zero-order valence-corrected chi connectivity index (χ0v) is 36.9. The van der Waals surface area contributed by atoms with Gasteiger partial charge in [-0.15, -0.1) is 11.3 Å². The number of thiophene rings is 1. The first-order valence-electron chi connectivity index (χ1n) is 22.5. The molecule has 2 aliphatic heterocycles. The number of fused-ring (bicyclic) bond motifs is 1. The van der Waals surface area contributed by atoms with Crippen molar-refractivity contribution in [3.63, 3.8) is 0 Å². The van der Waals surface area contributed by atoms with Gasteiger partial charge in [0, 0.05) is 65.7 Å². The fraction of sp³-hybridized carbons (Fsp3) is 0.565. The second-order valence-corrected chi connectivity index (χ2v) is 18.7. The van der Waals surface area contributed by atoms with Crippen LogP contribution < -0.4 is 26.0 Å². The second-order valence-electron chi connectivity index (χ2n) is 17.3. The van der Waals surface area contributed by atoms with E-state index in [9.17, 15) is 14.4 Å². The number of nitrogens with zero attached hydrogens (tertiary/aromatic N) is 5. The minimum atomic E-state index is -0.605. The summed E-state index contributed by atoms with van der Waals surface area (Å²) in [7, 11) is 2.00. The Labute approximate surface area is 368 Å². The quantitative estimate of drug-likeness (QED) is 0.0456. The maximum absolute atomic E-state index is 13.0. The summed E-state index contributed by atoms with van der Waals surface area (Å²) in [6.07, 6.45) is 21.2. The van der Waals surface area contributed by atoms with Crippen LogP contribution in [0.4, 0.5) is 5.95 Å². The van der Waals surface area contributed by atoms with E-state index in [1.165, 1.54) is 93.2 Å². The van der Waals surface area contributed by atoms with Crippen molar-refractivity contribution in [2.75, 3.05) is 18.4 Å². The van der Waals surface area contributed by atoms with E-state index in [-0.39, 0.29) is 18.2 Å². The van der Waals surface area contributed by atoms with Crippen LogP contribution in [0.3, 0.4) is 0 Å². The lowest BCUT2D eigenvalue weighted by Crippen LogP contribution is -2.52. The average molecular weight is 871 g/mol. The molecule has 61 heavy (non-hydrogen) atoms. The van der Waals surface area contributed by atoms with Gasteiger partial charge in [0.25, 0.3) is 5.91 Å². The van der Waals surface area contributed by atoms with Gasteiger partial charge in [-0.1, -0.05) is 55.8 Å². The predicted molar refractivity (Wildman–Crippen MR) is 239 cm³/mol. The third kappa shape index (κ3) is 11.4. The molecule has 0 bridgehead atoms. The lowest BCUT2D eigenvalue weighted by molar-refractivity contribution is -0.136. The number of nitrogens with one attached hydrogen (secondary N) is 4. The first-order valence-corrected chi connectivity index (χ1v) is 23.7. The third-order valence-corrected chi connectivity index (χ3v) is 14.1. The first-order chi connectivity index (χ1) is 29.8. The van der Waals surface area contributed by atoms with E-state index in [2.05, 4.69) is 43.5 Å². The number of anilines is 1. The summed E-state index contributed by atoms with van der Waals surface area (Å²) < 4.78 is 8.05. The number of unbranched alkanes of at least 4 members (excludes halogenated alkanes) is 6. The standard InChI is InChI=1S/C46H60ClN9O4S/c1-55-40(23-30-9-10-30)35(25-51-55)43-38(47)26-50-46(54-43)52-33-15-13-32(14-16-33)49-22-8-6-4-2-3-5-7-21-48-24-31-11-17-34(18-12-31)60-28-41-36-27-56(45(59)37(36)29-61-41)39-19-20-42(57)53-44(39)58/h11-12,17-18,25-26,29-30,32-33,39,48-49H,2-10,13-16,19-24,27-28H2,1H3,(H,50,52,54)(H,53,57,58). The van der Waals surface area contributed by atoms with Crippen LogP contribution in [0.5, 0.6) is 5.75 Å². The zero-order chi connectivity index (χ0) is 42.1. The number of ether oxygens (including phenoxy) is 1. The SMILES string of the molecule is Cn1ncc(-c2nc(NC3CCC(NCCCCCCCCCNCc4ccc(OCc5scc6c5CN(C5CCC(=O)NC5=O)C6=O)cc4)CC3)ncc2Cl)c1CC1CC1. The molecule has 5 heterocycles. The van der Waals surface area contributed by atoms with Crippen molar-refractivity contribution in [2.45, 2.75) is 141 Å². The van der Waals surface area contributed by atoms with Crippen molar-refractivity contribution in [3.8, 4) is 17.0 Å².